The molecule has 1 aromatic heterocycles. The number of thioether (sulfide) groups is 1. The van der Waals surface area contributed by atoms with Crippen LogP contribution in [0.4, 0.5) is 5.69 Å². The number of ether oxygens (including phenoxy) is 2. The largest absolute Gasteiger partial charge is 0.482 e. The molecule has 7 atom stereocenters. The molecule has 8 nitrogen and oxygen atoms in total. The van der Waals surface area contributed by atoms with Crippen LogP contribution in [0.25, 0.3) is 0 Å². The van der Waals surface area contributed by atoms with Gasteiger partial charge >= 0.3 is 10.8 Å². The predicted octanol–water partition coefficient (Wildman–Crippen LogP) is 5.58. The topological polar surface area (TPSA) is 106 Å². The molecule has 6 unspecified atom stereocenters. The van der Waals surface area contributed by atoms with Crippen LogP contribution >= 0.6 is 55.0 Å². The minimum absolute atomic E-state index is 0.00561. The highest BCUT2D eigenvalue weighted by Crippen LogP contribution is 2.69. The van der Waals surface area contributed by atoms with Crippen LogP contribution in [0.3, 0.4) is 0 Å². The Bertz CT molecular complexity index is 1640. The Morgan fingerprint density at radius 1 is 1.02 bits per heavy atom. The zero-order chi connectivity index (χ0) is 28.6. The van der Waals surface area contributed by atoms with Gasteiger partial charge in [0, 0.05) is 30.6 Å². The van der Waals surface area contributed by atoms with Crippen molar-refractivity contribution in [2.45, 2.75) is 29.5 Å². The summed E-state index contributed by atoms with van der Waals surface area (Å²) in [7, 11) is 0. The van der Waals surface area contributed by atoms with E-state index in [9.17, 15) is 19.2 Å². The maximum absolute atomic E-state index is 13.9. The zero-order valence-corrected chi connectivity index (χ0v) is 26.5. The van der Waals surface area contributed by atoms with Crippen LogP contribution in [0.5, 0.6) is 5.75 Å². The summed E-state index contributed by atoms with van der Waals surface area (Å²) in [5, 5.41) is 0.857. The molecule has 1 N–H and O–H groups in total. The van der Waals surface area contributed by atoms with Crippen molar-refractivity contribution in [3.63, 3.8) is 0 Å². The number of hydrogen-bond acceptors (Lipinski definition) is 8. The van der Waals surface area contributed by atoms with E-state index in [0.717, 1.165) is 30.8 Å². The highest BCUT2D eigenvalue weighted by Gasteiger charge is 2.69. The van der Waals surface area contributed by atoms with Crippen molar-refractivity contribution in [1.29, 1.82) is 0 Å². The predicted molar refractivity (Wildman–Crippen MR) is 161 cm³/mol. The van der Waals surface area contributed by atoms with Crippen molar-refractivity contribution < 1.29 is 23.9 Å². The monoisotopic (exact) mass is 718 g/mol. The summed E-state index contributed by atoms with van der Waals surface area (Å²) in [5.74, 6) is -1.24. The SMILES string of the molecule is CCOC(=O)COc1ccc(Br)cc1[C@H]1c2sc(=O)[nH]c2SC2C3CC(C4C(=O)N(c5ccc(Br)cc5)C(=O)C34)C21. The Balaban J connectivity index is 1.30. The number of benzene rings is 2. The lowest BCUT2D eigenvalue weighted by molar-refractivity contribution is -0.145. The molecule has 41 heavy (non-hydrogen) atoms. The first-order valence-electron chi connectivity index (χ1n) is 13.4. The summed E-state index contributed by atoms with van der Waals surface area (Å²) < 4.78 is 12.8. The number of hydrogen-bond donors (Lipinski definition) is 1. The number of aromatic amines is 1. The molecular weight excluding hydrogens is 696 g/mol. The molecule has 3 fully saturated rings. The number of carbonyl (C=O) groups excluding carboxylic acids is 3. The van der Waals surface area contributed by atoms with E-state index in [1.165, 1.54) is 16.2 Å². The summed E-state index contributed by atoms with van der Waals surface area (Å²) in [6, 6.07) is 12.9. The van der Waals surface area contributed by atoms with Crippen molar-refractivity contribution in [1.82, 2.24) is 4.98 Å². The van der Waals surface area contributed by atoms with Gasteiger partial charge in [0.1, 0.15) is 5.75 Å². The van der Waals surface area contributed by atoms with Gasteiger partial charge in [-0.2, -0.15) is 0 Å². The second-order valence-electron chi connectivity index (χ2n) is 10.7. The number of H-pyrrole nitrogens is 1. The first kappa shape index (κ1) is 27.4. The Morgan fingerprint density at radius 3 is 2.46 bits per heavy atom. The number of thiazole rings is 1. The fourth-order valence-electron chi connectivity index (χ4n) is 7.44. The summed E-state index contributed by atoms with van der Waals surface area (Å²) in [6.45, 7) is 1.77. The normalized spacial score (nSPS) is 29.3. The van der Waals surface area contributed by atoms with Crippen molar-refractivity contribution in [3.05, 3.63) is 71.5 Å². The first-order valence-corrected chi connectivity index (χ1v) is 16.7. The quantitative estimate of drug-likeness (QED) is 0.262. The Morgan fingerprint density at radius 2 is 1.73 bits per heavy atom. The van der Waals surface area contributed by atoms with Gasteiger partial charge < -0.3 is 14.5 Å². The molecule has 4 aliphatic rings. The van der Waals surface area contributed by atoms with Gasteiger partial charge in [0.05, 0.1) is 29.2 Å². The first-order chi connectivity index (χ1) is 19.8. The fourth-order valence-corrected chi connectivity index (χ4v) is 11.0. The zero-order valence-electron chi connectivity index (χ0n) is 21.7. The van der Waals surface area contributed by atoms with Gasteiger partial charge in [-0.05, 0) is 73.6 Å². The molecule has 2 bridgehead atoms. The molecule has 2 aliphatic carbocycles. The molecule has 2 amide bonds. The molecule has 2 aliphatic heterocycles. The third-order valence-electron chi connectivity index (χ3n) is 8.77. The second kappa shape index (κ2) is 10.4. The van der Waals surface area contributed by atoms with Crippen LogP contribution in [0.1, 0.15) is 29.7 Å². The van der Waals surface area contributed by atoms with Gasteiger partial charge in [-0.15, -0.1) is 11.8 Å². The molecular formula is C29H24Br2N2O6S2. The number of anilines is 1. The smallest absolute Gasteiger partial charge is 0.344 e. The number of rotatable bonds is 6. The van der Waals surface area contributed by atoms with Crippen LogP contribution in [0, 0.1) is 29.6 Å². The molecule has 0 radical (unpaired) electrons. The lowest BCUT2D eigenvalue weighted by atomic mass is 9.68. The molecule has 2 aromatic carbocycles. The average molecular weight is 720 g/mol. The van der Waals surface area contributed by atoms with Crippen molar-refractivity contribution in [2.24, 2.45) is 29.6 Å². The van der Waals surface area contributed by atoms with Gasteiger partial charge in [0.2, 0.25) is 11.8 Å². The van der Waals surface area contributed by atoms with Crippen LogP contribution in [0.15, 0.2) is 61.2 Å². The van der Waals surface area contributed by atoms with E-state index < -0.39 is 11.9 Å². The number of amides is 2. The van der Waals surface area contributed by atoms with E-state index in [2.05, 4.69) is 36.8 Å². The second-order valence-corrected chi connectivity index (χ2v) is 14.8. The summed E-state index contributed by atoms with van der Waals surface area (Å²) in [6.07, 6.45) is 0.784. The van der Waals surface area contributed by atoms with Gasteiger partial charge in [-0.3, -0.25) is 19.3 Å². The average Bonchev–Trinajstić information content (AvgIpc) is 3.67. The van der Waals surface area contributed by atoms with E-state index in [0.29, 0.717) is 11.4 Å². The lowest BCUT2D eigenvalue weighted by Gasteiger charge is -2.43. The Hall–Kier alpha value is -2.41. The lowest BCUT2D eigenvalue weighted by Crippen LogP contribution is -2.42. The van der Waals surface area contributed by atoms with E-state index in [-0.39, 0.29) is 64.7 Å². The number of imide groups is 1. The molecule has 0 spiro atoms. The van der Waals surface area contributed by atoms with Gasteiger partial charge in [0.15, 0.2) is 6.61 Å². The van der Waals surface area contributed by atoms with Crippen molar-refractivity contribution >= 4 is 78.4 Å². The van der Waals surface area contributed by atoms with Crippen molar-refractivity contribution in [3.8, 4) is 5.75 Å². The summed E-state index contributed by atoms with van der Waals surface area (Å²) >= 11 is 9.85. The molecule has 1 saturated heterocycles. The maximum atomic E-state index is 13.9. The van der Waals surface area contributed by atoms with Crippen LogP contribution in [-0.4, -0.2) is 41.2 Å². The maximum Gasteiger partial charge on any atom is 0.344 e. The van der Waals surface area contributed by atoms with Crippen LogP contribution in [0.2, 0.25) is 0 Å². The number of halogens is 2. The number of nitrogens with zero attached hydrogens (tertiary/aromatic N) is 1. The van der Waals surface area contributed by atoms with E-state index in [4.69, 9.17) is 9.47 Å². The van der Waals surface area contributed by atoms with Crippen LogP contribution < -0.4 is 14.5 Å². The Labute approximate surface area is 260 Å². The van der Waals surface area contributed by atoms with E-state index >= 15 is 0 Å². The van der Waals surface area contributed by atoms with E-state index in [1.54, 1.807) is 30.8 Å². The third-order valence-corrected chi connectivity index (χ3v) is 12.4. The van der Waals surface area contributed by atoms with Gasteiger partial charge in [-0.25, -0.2) is 4.79 Å². The minimum Gasteiger partial charge on any atom is -0.482 e. The van der Waals surface area contributed by atoms with Gasteiger partial charge in [0.25, 0.3) is 0 Å². The number of esters is 1. The van der Waals surface area contributed by atoms with Gasteiger partial charge in [-0.1, -0.05) is 43.2 Å². The Kier molecular flexibility index (Phi) is 6.95. The number of nitrogens with one attached hydrogen (secondary N) is 1. The van der Waals surface area contributed by atoms with Crippen molar-refractivity contribution in [2.75, 3.05) is 18.1 Å². The molecule has 3 heterocycles. The molecule has 2 saturated carbocycles. The summed E-state index contributed by atoms with van der Waals surface area (Å²) in [5.41, 5.74) is 1.44. The highest BCUT2D eigenvalue weighted by atomic mass is 79.9. The van der Waals surface area contributed by atoms with E-state index in [1.807, 2.05) is 30.3 Å². The summed E-state index contributed by atoms with van der Waals surface area (Å²) in [4.78, 5) is 57.7. The molecule has 212 valence electrons. The number of carbonyl (C=O) groups is 3. The molecule has 12 heteroatoms. The highest BCUT2D eigenvalue weighted by molar-refractivity contribution is 9.10. The van der Waals surface area contributed by atoms with Crippen LogP contribution in [-0.2, 0) is 19.1 Å². The number of fused-ring (bicyclic) bond motifs is 9. The molecule has 3 aromatic rings. The molecule has 7 rings (SSSR count). The third kappa shape index (κ3) is 4.35. The minimum atomic E-state index is -0.462. The standard InChI is InChI=1S/C29H24Br2N2O6S2/c1-2-38-19(34)11-39-18-8-5-13(31)9-15(18)20-21-16-10-17(24(21)40-26-25(20)41-29(37)32-26)23-22(16)27(35)33(28(23)36)14-6-3-12(30)4-7-14/h3-9,16-17,20-24H,2,10-11H2,1H3,(H,32,37)/t16?,17?,20-,21?,22?,23?,24?/m1/s1. The number of aromatic nitrogens is 1. The fraction of sp³-hybridized carbons (Fsp3) is 0.379.